The van der Waals surface area contributed by atoms with Gasteiger partial charge in [-0.25, -0.2) is 4.79 Å². The van der Waals surface area contributed by atoms with E-state index in [2.05, 4.69) is 19.1 Å². The van der Waals surface area contributed by atoms with E-state index in [0.29, 0.717) is 24.8 Å². The molecule has 0 fully saturated rings. The number of aliphatic hydroxyl groups excluding tert-OH is 3. The van der Waals surface area contributed by atoms with Crippen molar-refractivity contribution < 1.29 is 34.8 Å². The highest BCUT2D eigenvalue weighted by atomic mass is 16.5. The van der Waals surface area contributed by atoms with Crippen LogP contribution < -0.4 is 0 Å². The zero-order chi connectivity index (χ0) is 30.5. The Hall–Kier alpha value is -2.74. The lowest BCUT2D eigenvalue weighted by Gasteiger charge is -2.26. The van der Waals surface area contributed by atoms with E-state index in [-0.39, 0.29) is 42.7 Å². The Labute approximate surface area is 245 Å². The van der Waals surface area contributed by atoms with Crippen molar-refractivity contribution in [3.05, 3.63) is 70.9 Å². The number of allylic oxidation sites excluding steroid dienone is 9. The summed E-state index contributed by atoms with van der Waals surface area (Å²) in [6.07, 6.45) is 16.9. The first kappa shape index (κ1) is 34.5. The first-order valence-corrected chi connectivity index (χ1v) is 15.0. The molecule has 228 valence electrons. The molecular weight excluding hydrogens is 520 g/mol. The zero-order valence-corrected chi connectivity index (χ0v) is 25.3. The highest BCUT2D eigenvalue weighted by molar-refractivity contribution is 5.88. The van der Waals surface area contributed by atoms with Gasteiger partial charge in [0.05, 0.1) is 18.3 Å². The number of esters is 1. The third kappa shape index (κ3) is 12.3. The number of carbonyl (C=O) groups is 2. The van der Waals surface area contributed by atoms with E-state index in [9.17, 15) is 30.0 Å². The van der Waals surface area contributed by atoms with Crippen LogP contribution in [0.5, 0.6) is 0 Å². The molecule has 0 aromatic carbocycles. The molecule has 0 bridgehead atoms. The smallest absolute Gasteiger partial charge is 0.331 e. The van der Waals surface area contributed by atoms with Gasteiger partial charge in [0.1, 0.15) is 6.10 Å². The second kappa shape index (κ2) is 17.3. The number of carbonyl (C=O) groups excluding carboxylic acids is 1. The first-order valence-electron chi connectivity index (χ1n) is 15.0. The Morgan fingerprint density at radius 1 is 1.10 bits per heavy atom. The fraction of sp³-hybridized carbons (Fsp3) is 0.588. The number of hydrogen-bond donors (Lipinski definition) is 4. The van der Waals surface area contributed by atoms with Crippen molar-refractivity contribution in [3.63, 3.8) is 0 Å². The highest BCUT2D eigenvalue weighted by Gasteiger charge is 2.27. The minimum absolute atomic E-state index is 0.0970. The molecule has 1 aliphatic heterocycles. The van der Waals surface area contributed by atoms with Gasteiger partial charge in [0.2, 0.25) is 0 Å². The zero-order valence-electron chi connectivity index (χ0n) is 25.3. The van der Waals surface area contributed by atoms with Crippen molar-refractivity contribution in [1.29, 1.82) is 0 Å². The van der Waals surface area contributed by atoms with E-state index in [1.54, 1.807) is 13.0 Å². The number of cyclic esters (lactones) is 1. The molecule has 1 heterocycles. The van der Waals surface area contributed by atoms with Gasteiger partial charge >= 0.3 is 11.9 Å². The molecule has 7 nitrogen and oxygen atoms in total. The topological polar surface area (TPSA) is 124 Å². The van der Waals surface area contributed by atoms with E-state index in [0.717, 1.165) is 36.0 Å². The largest absolute Gasteiger partial charge is 0.478 e. The van der Waals surface area contributed by atoms with Crippen molar-refractivity contribution in [2.24, 2.45) is 17.8 Å². The van der Waals surface area contributed by atoms with Gasteiger partial charge in [0.25, 0.3) is 0 Å². The molecule has 2 rings (SSSR count). The standard InChI is InChI=1S/C34H50O7/c1-22(2)32-14-7-6-11-24(4)28(13-9-15-33(38)41-32)29(34(39)40)21-27-17-16-26(20-27)12-8-10-23(3)18-30(36)31(37)19-25(5)35/h6-8,10,12,18,20-22,24-25,28,30-32,35-37H,9,11,13-17,19H2,1-5H3,(H,39,40)/b7-6+,10-8+,23-18+,26-12+,29-21+. The average molecular weight is 571 g/mol. The SMILES string of the molecule is CC(/C=C/C=C1C=C(/C=C(/C(=O)O)C2CCCC(=O)OC(C(C)C)C/C=C/CC2C)CC/1)=C\C(O)C(O)CC(C)O. The molecule has 0 radical (unpaired) electrons. The quantitative estimate of drug-likeness (QED) is 0.110. The second-order valence-electron chi connectivity index (χ2n) is 12.0. The van der Waals surface area contributed by atoms with Crippen molar-refractivity contribution in [3.8, 4) is 0 Å². The number of carboxylic acid groups (broad SMARTS) is 1. The Bertz CT molecular complexity index is 1060. The van der Waals surface area contributed by atoms with Crippen LogP contribution in [0.2, 0.25) is 0 Å². The molecule has 6 atom stereocenters. The summed E-state index contributed by atoms with van der Waals surface area (Å²) in [5, 5.41) is 39.6. The summed E-state index contributed by atoms with van der Waals surface area (Å²) in [6.45, 7) is 9.58. The fourth-order valence-corrected chi connectivity index (χ4v) is 5.29. The van der Waals surface area contributed by atoms with Crippen molar-refractivity contribution >= 4 is 11.9 Å². The van der Waals surface area contributed by atoms with E-state index < -0.39 is 24.3 Å². The van der Waals surface area contributed by atoms with Crippen LogP contribution in [0.25, 0.3) is 0 Å². The molecule has 0 aromatic rings. The van der Waals surface area contributed by atoms with Gasteiger partial charge in [-0.05, 0) is 80.9 Å². The maximum atomic E-state index is 12.4. The van der Waals surface area contributed by atoms with Gasteiger partial charge in [-0.1, -0.05) is 68.9 Å². The molecule has 2 aliphatic rings. The van der Waals surface area contributed by atoms with Crippen molar-refractivity contribution in [1.82, 2.24) is 0 Å². The fourth-order valence-electron chi connectivity index (χ4n) is 5.29. The van der Waals surface area contributed by atoms with Crippen LogP contribution in [-0.2, 0) is 14.3 Å². The predicted octanol–water partition coefficient (Wildman–Crippen LogP) is 5.98. The lowest BCUT2D eigenvalue weighted by molar-refractivity contribution is -0.151. The van der Waals surface area contributed by atoms with Crippen molar-refractivity contribution in [2.45, 2.75) is 110 Å². The minimum atomic E-state index is -1.06. The summed E-state index contributed by atoms with van der Waals surface area (Å²) < 4.78 is 5.69. The van der Waals surface area contributed by atoms with E-state index in [1.807, 2.05) is 51.2 Å². The van der Waals surface area contributed by atoms with Gasteiger partial charge in [-0.2, -0.15) is 0 Å². The minimum Gasteiger partial charge on any atom is -0.478 e. The third-order valence-corrected chi connectivity index (χ3v) is 7.79. The van der Waals surface area contributed by atoms with Gasteiger partial charge in [-0.15, -0.1) is 0 Å². The Kier molecular flexibility index (Phi) is 14.5. The third-order valence-electron chi connectivity index (χ3n) is 7.79. The molecule has 6 unspecified atom stereocenters. The average Bonchev–Trinajstić information content (AvgIpc) is 3.33. The van der Waals surface area contributed by atoms with Crippen LogP contribution in [0.3, 0.4) is 0 Å². The van der Waals surface area contributed by atoms with E-state index >= 15 is 0 Å². The van der Waals surface area contributed by atoms with Crippen molar-refractivity contribution in [2.75, 3.05) is 0 Å². The lowest BCUT2D eigenvalue weighted by Crippen LogP contribution is -2.27. The molecule has 0 amide bonds. The number of carboxylic acids is 1. The van der Waals surface area contributed by atoms with Gasteiger partial charge in [0, 0.05) is 24.8 Å². The van der Waals surface area contributed by atoms with Gasteiger partial charge in [-0.3, -0.25) is 4.79 Å². The number of aliphatic carboxylic acids is 1. The summed E-state index contributed by atoms with van der Waals surface area (Å²) in [5.41, 5.74) is 3.22. The van der Waals surface area contributed by atoms with Crippen LogP contribution in [-0.4, -0.2) is 56.8 Å². The molecule has 0 saturated heterocycles. The normalized spacial score (nSPS) is 27.6. The number of rotatable bonds is 10. The Morgan fingerprint density at radius 2 is 1.80 bits per heavy atom. The maximum absolute atomic E-state index is 12.4. The molecule has 0 saturated carbocycles. The first-order chi connectivity index (χ1) is 19.4. The number of ether oxygens (including phenoxy) is 1. The molecule has 0 spiro atoms. The molecule has 1 aliphatic carbocycles. The number of aliphatic hydroxyl groups is 3. The predicted molar refractivity (Wildman–Crippen MR) is 162 cm³/mol. The van der Waals surface area contributed by atoms with Crippen LogP contribution >= 0.6 is 0 Å². The van der Waals surface area contributed by atoms with Gasteiger partial charge < -0.3 is 25.2 Å². The summed E-state index contributed by atoms with van der Waals surface area (Å²) in [7, 11) is 0. The van der Waals surface area contributed by atoms with Crippen LogP contribution in [0.4, 0.5) is 0 Å². The summed E-state index contributed by atoms with van der Waals surface area (Å²) in [4.78, 5) is 24.9. The maximum Gasteiger partial charge on any atom is 0.331 e. The highest BCUT2D eigenvalue weighted by Crippen LogP contribution is 2.33. The van der Waals surface area contributed by atoms with Gasteiger partial charge in [0.15, 0.2) is 0 Å². The Morgan fingerprint density at radius 3 is 2.46 bits per heavy atom. The monoisotopic (exact) mass is 570 g/mol. The summed E-state index contributed by atoms with van der Waals surface area (Å²) >= 11 is 0. The lowest BCUT2D eigenvalue weighted by atomic mass is 9.80. The summed E-state index contributed by atoms with van der Waals surface area (Å²) in [6, 6.07) is 0. The Balaban J connectivity index is 2.16. The van der Waals surface area contributed by atoms with Crippen LogP contribution in [0.1, 0.15) is 86.0 Å². The second-order valence-corrected chi connectivity index (χ2v) is 12.0. The molecular formula is C34H50O7. The molecule has 0 aromatic heterocycles. The van der Waals surface area contributed by atoms with Crippen LogP contribution in [0, 0.1) is 17.8 Å². The number of hydrogen-bond acceptors (Lipinski definition) is 6. The van der Waals surface area contributed by atoms with E-state index in [4.69, 9.17) is 4.74 Å². The molecule has 7 heteroatoms. The van der Waals surface area contributed by atoms with E-state index in [1.165, 1.54) is 0 Å². The van der Waals surface area contributed by atoms with Crippen LogP contribution in [0.15, 0.2) is 70.9 Å². The molecule has 4 N–H and O–H groups in total. The molecule has 41 heavy (non-hydrogen) atoms. The summed E-state index contributed by atoms with van der Waals surface area (Å²) in [5.74, 6) is -0.966.